The van der Waals surface area contributed by atoms with Gasteiger partial charge in [-0.2, -0.15) is 0 Å². The second-order valence-corrected chi connectivity index (χ2v) is 5.19. The SMILES string of the molecule is CN1C(=O)C(=Cc2ccc([N+](=O)[O-])cc2)C(=O)N1c1ccccc1. The Labute approximate surface area is 137 Å². The Morgan fingerprint density at radius 1 is 0.958 bits per heavy atom. The van der Waals surface area contributed by atoms with Gasteiger partial charge in [-0.1, -0.05) is 18.2 Å². The van der Waals surface area contributed by atoms with Crippen LogP contribution in [0.15, 0.2) is 60.2 Å². The lowest BCUT2D eigenvalue weighted by Crippen LogP contribution is -2.37. The van der Waals surface area contributed by atoms with Gasteiger partial charge in [0.05, 0.1) is 10.6 Å². The van der Waals surface area contributed by atoms with Crippen molar-refractivity contribution >= 4 is 29.3 Å². The molecule has 2 amide bonds. The normalized spacial score (nSPS) is 16.1. The van der Waals surface area contributed by atoms with Crippen LogP contribution in [0.1, 0.15) is 5.56 Å². The third-order valence-electron chi connectivity index (χ3n) is 3.66. The lowest BCUT2D eigenvalue weighted by atomic mass is 10.1. The summed E-state index contributed by atoms with van der Waals surface area (Å²) >= 11 is 0. The van der Waals surface area contributed by atoms with Crippen molar-refractivity contribution in [3.05, 3.63) is 75.8 Å². The van der Waals surface area contributed by atoms with Crippen LogP contribution < -0.4 is 5.01 Å². The number of likely N-dealkylation sites (N-methyl/N-ethyl adjacent to an activating group) is 1. The average Bonchev–Trinajstić information content (AvgIpc) is 2.80. The predicted octanol–water partition coefficient (Wildman–Crippen LogP) is 2.40. The number of anilines is 1. The zero-order chi connectivity index (χ0) is 17.3. The summed E-state index contributed by atoms with van der Waals surface area (Å²) in [5.41, 5.74) is 1.09. The Bertz CT molecular complexity index is 844. The molecule has 0 aliphatic carbocycles. The number of nitro groups is 1. The van der Waals surface area contributed by atoms with E-state index in [4.69, 9.17) is 0 Å². The molecule has 0 aromatic heterocycles. The number of non-ortho nitro benzene ring substituents is 1. The van der Waals surface area contributed by atoms with Crippen molar-refractivity contribution in [2.24, 2.45) is 0 Å². The highest BCUT2D eigenvalue weighted by Gasteiger charge is 2.39. The van der Waals surface area contributed by atoms with Gasteiger partial charge in [0, 0.05) is 19.2 Å². The molecule has 3 rings (SSSR count). The largest absolute Gasteiger partial charge is 0.282 e. The summed E-state index contributed by atoms with van der Waals surface area (Å²) in [6.45, 7) is 0. The Morgan fingerprint density at radius 2 is 1.58 bits per heavy atom. The minimum Gasteiger partial charge on any atom is -0.267 e. The van der Waals surface area contributed by atoms with Crippen LogP contribution in [0, 0.1) is 10.1 Å². The maximum absolute atomic E-state index is 12.6. The molecule has 1 aliphatic heterocycles. The van der Waals surface area contributed by atoms with Crippen LogP contribution >= 0.6 is 0 Å². The van der Waals surface area contributed by atoms with Gasteiger partial charge in [0.25, 0.3) is 17.5 Å². The van der Waals surface area contributed by atoms with Gasteiger partial charge in [-0.15, -0.1) is 0 Å². The Hall–Kier alpha value is -3.48. The van der Waals surface area contributed by atoms with Crippen molar-refractivity contribution in [3.63, 3.8) is 0 Å². The number of amides is 2. The highest BCUT2D eigenvalue weighted by atomic mass is 16.6. The van der Waals surface area contributed by atoms with Gasteiger partial charge in [0.15, 0.2) is 0 Å². The summed E-state index contributed by atoms with van der Waals surface area (Å²) in [5.74, 6) is -0.866. The number of para-hydroxylation sites is 1. The predicted molar refractivity (Wildman–Crippen MR) is 87.8 cm³/mol. The Morgan fingerprint density at radius 3 is 2.17 bits per heavy atom. The van der Waals surface area contributed by atoms with E-state index < -0.39 is 16.7 Å². The van der Waals surface area contributed by atoms with E-state index in [0.717, 1.165) is 0 Å². The van der Waals surface area contributed by atoms with Crippen molar-refractivity contribution in [1.82, 2.24) is 5.01 Å². The molecule has 2 aromatic rings. The van der Waals surface area contributed by atoms with Gasteiger partial charge < -0.3 is 0 Å². The number of carbonyl (C=O) groups is 2. The van der Waals surface area contributed by atoms with Crippen LogP contribution in [0.5, 0.6) is 0 Å². The van der Waals surface area contributed by atoms with E-state index in [1.165, 1.54) is 47.4 Å². The molecule has 0 unspecified atom stereocenters. The maximum atomic E-state index is 12.6. The zero-order valence-corrected chi connectivity index (χ0v) is 12.7. The Balaban J connectivity index is 1.95. The first-order valence-corrected chi connectivity index (χ1v) is 7.12. The summed E-state index contributed by atoms with van der Waals surface area (Å²) in [7, 11) is 1.52. The lowest BCUT2D eigenvalue weighted by molar-refractivity contribution is -0.384. The standard InChI is InChI=1S/C17H13N3O4/c1-18-16(21)15(11-12-7-9-14(10-8-12)20(23)24)17(22)19(18)13-5-3-2-4-6-13/h2-11H,1H3. The van der Waals surface area contributed by atoms with Crippen molar-refractivity contribution in [2.75, 3.05) is 12.1 Å². The van der Waals surface area contributed by atoms with Crippen LogP contribution in [0.3, 0.4) is 0 Å². The molecular weight excluding hydrogens is 310 g/mol. The second-order valence-electron chi connectivity index (χ2n) is 5.19. The number of nitro benzene ring substituents is 1. The number of benzene rings is 2. The first-order chi connectivity index (χ1) is 11.5. The smallest absolute Gasteiger partial charge is 0.267 e. The molecule has 0 bridgehead atoms. The van der Waals surface area contributed by atoms with Gasteiger partial charge in [0.1, 0.15) is 5.57 Å². The summed E-state index contributed by atoms with van der Waals surface area (Å²) in [6.07, 6.45) is 1.44. The topological polar surface area (TPSA) is 83.8 Å². The van der Waals surface area contributed by atoms with E-state index in [-0.39, 0.29) is 11.3 Å². The highest BCUT2D eigenvalue weighted by molar-refractivity contribution is 6.31. The molecule has 0 spiro atoms. The zero-order valence-electron chi connectivity index (χ0n) is 12.7. The van der Waals surface area contributed by atoms with E-state index in [9.17, 15) is 19.7 Å². The van der Waals surface area contributed by atoms with Crippen molar-refractivity contribution in [3.8, 4) is 0 Å². The fourth-order valence-electron chi connectivity index (χ4n) is 2.45. The van der Waals surface area contributed by atoms with Crippen LogP contribution in [0.2, 0.25) is 0 Å². The molecule has 0 atom stereocenters. The number of hydrogen-bond acceptors (Lipinski definition) is 4. The van der Waals surface area contributed by atoms with E-state index >= 15 is 0 Å². The van der Waals surface area contributed by atoms with E-state index in [0.29, 0.717) is 11.3 Å². The minimum atomic E-state index is -0.506. The van der Waals surface area contributed by atoms with E-state index in [2.05, 4.69) is 0 Å². The molecule has 1 heterocycles. The molecule has 120 valence electrons. The van der Waals surface area contributed by atoms with Crippen LogP contribution in [-0.4, -0.2) is 28.8 Å². The molecule has 0 radical (unpaired) electrons. The summed E-state index contributed by atoms with van der Waals surface area (Å²) in [5, 5.41) is 13.2. The summed E-state index contributed by atoms with van der Waals surface area (Å²) < 4.78 is 0. The van der Waals surface area contributed by atoms with Crippen LogP contribution in [0.4, 0.5) is 11.4 Å². The molecule has 1 fully saturated rings. The fourth-order valence-corrected chi connectivity index (χ4v) is 2.45. The maximum Gasteiger partial charge on any atom is 0.282 e. The number of hydrogen-bond donors (Lipinski definition) is 0. The summed E-state index contributed by atoms with van der Waals surface area (Å²) in [6, 6.07) is 14.5. The first-order valence-electron chi connectivity index (χ1n) is 7.12. The van der Waals surface area contributed by atoms with Gasteiger partial charge in [-0.3, -0.25) is 19.7 Å². The average molecular weight is 323 g/mol. The molecule has 0 N–H and O–H groups in total. The lowest BCUT2D eigenvalue weighted by Gasteiger charge is -2.22. The molecule has 24 heavy (non-hydrogen) atoms. The Kier molecular flexibility index (Phi) is 3.83. The van der Waals surface area contributed by atoms with E-state index in [1.54, 1.807) is 24.3 Å². The molecule has 7 heteroatoms. The molecule has 2 aromatic carbocycles. The van der Waals surface area contributed by atoms with Gasteiger partial charge in [-0.05, 0) is 35.9 Å². The third kappa shape index (κ3) is 2.63. The number of hydrazine groups is 1. The third-order valence-corrected chi connectivity index (χ3v) is 3.66. The monoisotopic (exact) mass is 323 g/mol. The van der Waals surface area contributed by atoms with Crippen molar-refractivity contribution in [2.45, 2.75) is 0 Å². The quantitative estimate of drug-likeness (QED) is 0.376. The van der Waals surface area contributed by atoms with Gasteiger partial charge in [0.2, 0.25) is 0 Å². The molecule has 1 aliphatic rings. The van der Waals surface area contributed by atoms with Gasteiger partial charge in [-0.25, -0.2) is 10.0 Å². The highest BCUT2D eigenvalue weighted by Crippen LogP contribution is 2.27. The van der Waals surface area contributed by atoms with Crippen molar-refractivity contribution in [1.29, 1.82) is 0 Å². The first kappa shape index (κ1) is 15.4. The van der Waals surface area contributed by atoms with Crippen LogP contribution in [-0.2, 0) is 9.59 Å². The van der Waals surface area contributed by atoms with Crippen LogP contribution in [0.25, 0.3) is 6.08 Å². The number of carbonyl (C=O) groups excluding carboxylic acids is 2. The second kappa shape index (κ2) is 5.96. The fraction of sp³-hybridized carbons (Fsp3) is 0.0588. The molecule has 7 nitrogen and oxygen atoms in total. The molecular formula is C17H13N3O4. The van der Waals surface area contributed by atoms with E-state index in [1.807, 2.05) is 6.07 Å². The van der Waals surface area contributed by atoms with Crippen molar-refractivity contribution < 1.29 is 14.5 Å². The molecule has 1 saturated heterocycles. The number of rotatable bonds is 3. The summed E-state index contributed by atoms with van der Waals surface area (Å²) in [4.78, 5) is 35.1. The van der Waals surface area contributed by atoms with Gasteiger partial charge >= 0.3 is 0 Å². The number of nitrogens with zero attached hydrogens (tertiary/aromatic N) is 3. The minimum absolute atomic E-state index is 0.00945. The molecule has 0 saturated carbocycles.